The van der Waals surface area contributed by atoms with Crippen molar-refractivity contribution in [3.05, 3.63) is 46.5 Å². The zero-order valence-electron chi connectivity index (χ0n) is 14.5. The van der Waals surface area contributed by atoms with Gasteiger partial charge in [-0.15, -0.1) is 0 Å². The highest BCUT2D eigenvalue weighted by Gasteiger charge is 2.26. The number of imidazole rings is 1. The number of rotatable bonds is 3. The van der Waals surface area contributed by atoms with E-state index in [2.05, 4.69) is 40.5 Å². The number of hydrogen-bond donors (Lipinski definition) is 0. The lowest BCUT2D eigenvalue weighted by Crippen LogP contribution is -2.31. The van der Waals surface area contributed by atoms with Crippen molar-refractivity contribution in [2.45, 2.75) is 32.7 Å². The summed E-state index contributed by atoms with van der Waals surface area (Å²) < 4.78 is 7.71. The van der Waals surface area contributed by atoms with Crippen LogP contribution in [0.3, 0.4) is 0 Å². The molecule has 3 heterocycles. The van der Waals surface area contributed by atoms with Crippen LogP contribution in [-0.2, 0) is 20.0 Å². The maximum atomic E-state index is 6.04. The van der Waals surface area contributed by atoms with Gasteiger partial charge in [-0.25, -0.2) is 4.98 Å². The van der Waals surface area contributed by atoms with Crippen molar-refractivity contribution in [1.82, 2.24) is 19.7 Å². The lowest BCUT2D eigenvalue weighted by Gasteiger charge is -2.24. The van der Waals surface area contributed by atoms with E-state index in [1.54, 1.807) is 0 Å². The van der Waals surface area contributed by atoms with Crippen LogP contribution in [0.2, 0.25) is 5.02 Å². The second-order valence-corrected chi connectivity index (χ2v) is 7.10. The smallest absolute Gasteiger partial charge is 0.324 e. The molecule has 0 radical (unpaired) electrons. The van der Waals surface area contributed by atoms with Crippen LogP contribution in [0.1, 0.15) is 37.0 Å². The largest absolute Gasteiger partial charge is 0.334 e. The summed E-state index contributed by atoms with van der Waals surface area (Å²) in [4.78, 5) is 11.4. The predicted molar refractivity (Wildman–Crippen MR) is 96.8 cm³/mol. The van der Waals surface area contributed by atoms with Crippen LogP contribution in [0.15, 0.2) is 28.8 Å². The van der Waals surface area contributed by atoms with Crippen LogP contribution in [-0.4, -0.2) is 26.2 Å². The molecule has 25 heavy (non-hydrogen) atoms. The zero-order chi connectivity index (χ0) is 17.6. The first-order valence-electron chi connectivity index (χ1n) is 8.42. The molecule has 0 saturated heterocycles. The SMILES string of the molecule is CC(C)c1nc2c(n1C)CCN(c1nc(-c3cccc(Cl)c3)no1)C2. The van der Waals surface area contributed by atoms with Crippen molar-refractivity contribution in [3.63, 3.8) is 0 Å². The first-order valence-corrected chi connectivity index (χ1v) is 8.79. The highest BCUT2D eigenvalue weighted by Crippen LogP contribution is 2.28. The summed E-state index contributed by atoms with van der Waals surface area (Å²) in [5.41, 5.74) is 3.25. The Morgan fingerprint density at radius 2 is 2.08 bits per heavy atom. The molecule has 1 aromatic carbocycles. The van der Waals surface area contributed by atoms with Crippen molar-refractivity contribution in [2.24, 2.45) is 7.05 Å². The van der Waals surface area contributed by atoms with E-state index in [9.17, 15) is 0 Å². The van der Waals surface area contributed by atoms with E-state index in [0.29, 0.717) is 29.3 Å². The number of fused-ring (bicyclic) bond motifs is 1. The molecule has 0 unspecified atom stereocenters. The van der Waals surface area contributed by atoms with E-state index >= 15 is 0 Å². The van der Waals surface area contributed by atoms with Crippen molar-refractivity contribution in [2.75, 3.05) is 11.4 Å². The van der Waals surface area contributed by atoms with Crippen LogP contribution in [0.5, 0.6) is 0 Å². The van der Waals surface area contributed by atoms with Gasteiger partial charge in [0, 0.05) is 42.2 Å². The molecule has 6 nitrogen and oxygen atoms in total. The molecule has 0 amide bonds. The number of benzene rings is 1. The summed E-state index contributed by atoms with van der Waals surface area (Å²) >= 11 is 6.04. The summed E-state index contributed by atoms with van der Waals surface area (Å²) in [6.45, 7) is 5.86. The van der Waals surface area contributed by atoms with Gasteiger partial charge in [-0.1, -0.05) is 42.7 Å². The molecule has 3 aromatic rings. The van der Waals surface area contributed by atoms with Gasteiger partial charge in [-0.05, 0) is 12.1 Å². The van der Waals surface area contributed by atoms with Gasteiger partial charge in [0.1, 0.15) is 5.82 Å². The van der Waals surface area contributed by atoms with Gasteiger partial charge in [0.05, 0.1) is 12.2 Å². The Morgan fingerprint density at radius 1 is 1.24 bits per heavy atom. The Bertz CT molecular complexity index is 914. The Morgan fingerprint density at radius 3 is 2.84 bits per heavy atom. The minimum absolute atomic E-state index is 0.405. The highest BCUT2D eigenvalue weighted by molar-refractivity contribution is 6.30. The van der Waals surface area contributed by atoms with Gasteiger partial charge < -0.3 is 14.0 Å². The molecule has 0 N–H and O–H groups in total. The van der Waals surface area contributed by atoms with Gasteiger partial charge in [-0.2, -0.15) is 4.98 Å². The molecule has 0 atom stereocenters. The minimum atomic E-state index is 0.405. The minimum Gasteiger partial charge on any atom is -0.334 e. The predicted octanol–water partition coefficient (Wildman–Crippen LogP) is 3.81. The van der Waals surface area contributed by atoms with E-state index in [1.807, 2.05) is 24.3 Å². The van der Waals surface area contributed by atoms with Gasteiger partial charge in [0.25, 0.3) is 0 Å². The molecule has 7 heteroatoms. The fourth-order valence-electron chi connectivity index (χ4n) is 3.32. The molecule has 2 aromatic heterocycles. The summed E-state index contributed by atoms with van der Waals surface area (Å²) in [7, 11) is 2.10. The maximum absolute atomic E-state index is 6.04. The fraction of sp³-hybridized carbons (Fsp3) is 0.389. The third-order valence-corrected chi connectivity index (χ3v) is 4.81. The highest BCUT2D eigenvalue weighted by atomic mass is 35.5. The maximum Gasteiger partial charge on any atom is 0.324 e. The monoisotopic (exact) mass is 357 g/mol. The molecule has 130 valence electrons. The fourth-order valence-corrected chi connectivity index (χ4v) is 3.51. The molecule has 0 spiro atoms. The number of anilines is 1. The number of aromatic nitrogens is 4. The molecule has 0 fully saturated rings. The molecule has 1 aliphatic heterocycles. The van der Waals surface area contributed by atoms with E-state index < -0.39 is 0 Å². The normalized spacial score (nSPS) is 14.2. The third-order valence-electron chi connectivity index (χ3n) is 4.58. The summed E-state index contributed by atoms with van der Waals surface area (Å²) in [6.07, 6.45) is 0.917. The van der Waals surface area contributed by atoms with E-state index in [1.165, 1.54) is 5.69 Å². The Balaban J connectivity index is 1.59. The van der Waals surface area contributed by atoms with E-state index in [0.717, 1.165) is 30.0 Å². The molecular formula is C18H20ClN5O. The first kappa shape index (κ1) is 16.1. The van der Waals surface area contributed by atoms with Crippen molar-refractivity contribution in [3.8, 4) is 11.4 Å². The van der Waals surface area contributed by atoms with Crippen molar-refractivity contribution >= 4 is 17.6 Å². The molecule has 0 aliphatic carbocycles. The van der Waals surface area contributed by atoms with E-state index in [4.69, 9.17) is 21.1 Å². The lowest BCUT2D eigenvalue weighted by atomic mass is 10.1. The summed E-state index contributed by atoms with van der Waals surface area (Å²) in [5.74, 6) is 2.08. The molecule has 4 rings (SSSR count). The summed E-state index contributed by atoms with van der Waals surface area (Å²) in [6, 6.07) is 7.98. The summed E-state index contributed by atoms with van der Waals surface area (Å²) in [5, 5.41) is 4.75. The molecular weight excluding hydrogens is 338 g/mol. The van der Waals surface area contributed by atoms with Gasteiger partial charge >= 0.3 is 6.01 Å². The number of halogens is 1. The second kappa shape index (κ2) is 6.19. The number of hydrogen-bond acceptors (Lipinski definition) is 5. The zero-order valence-corrected chi connectivity index (χ0v) is 15.3. The molecule has 0 bridgehead atoms. The van der Waals surface area contributed by atoms with Crippen LogP contribution in [0, 0.1) is 0 Å². The molecule has 0 saturated carbocycles. The lowest BCUT2D eigenvalue weighted by molar-refractivity contribution is 0.409. The van der Waals surface area contributed by atoms with E-state index in [-0.39, 0.29) is 0 Å². The van der Waals surface area contributed by atoms with Crippen molar-refractivity contribution in [1.29, 1.82) is 0 Å². The van der Waals surface area contributed by atoms with Crippen molar-refractivity contribution < 1.29 is 4.52 Å². The molecule has 1 aliphatic rings. The van der Waals surface area contributed by atoms with Gasteiger partial charge in [0.15, 0.2) is 0 Å². The first-order chi connectivity index (χ1) is 12.0. The van der Waals surface area contributed by atoms with Gasteiger partial charge in [0.2, 0.25) is 5.82 Å². The Kier molecular flexibility index (Phi) is 4.00. The van der Waals surface area contributed by atoms with Gasteiger partial charge in [-0.3, -0.25) is 0 Å². The Hall–Kier alpha value is -2.34. The van der Waals surface area contributed by atoms with Crippen LogP contribution >= 0.6 is 11.6 Å². The average Bonchev–Trinajstić information content (AvgIpc) is 3.20. The Labute approximate surface area is 151 Å². The topological polar surface area (TPSA) is 60.0 Å². The quantitative estimate of drug-likeness (QED) is 0.713. The van der Waals surface area contributed by atoms with Crippen LogP contribution < -0.4 is 4.90 Å². The standard InChI is InChI=1S/C18H20ClN5O/c1-11(2)17-20-14-10-24(8-7-15(14)23(17)3)18-21-16(22-25-18)12-5-4-6-13(19)9-12/h4-6,9,11H,7-8,10H2,1-3H3. The number of nitrogens with zero attached hydrogens (tertiary/aromatic N) is 5. The third kappa shape index (κ3) is 2.91. The average molecular weight is 358 g/mol. The second-order valence-electron chi connectivity index (χ2n) is 6.66. The van der Waals surface area contributed by atoms with Crippen LogP contribution in [0.25, 0.3) is 11.4 Å². The van der Waals surface area contributed by atoms with Crippen LogP contribution in [0.4, 0.5) is 6.01 Å².